The van der Waals surface area contributed by atoms with Gasteiger partial charge in [-0.1, -0.05) is 28.1 Å². The Labute approximate surface area is 105 Å². The maximum absolute atomic E-state index is 11.8. The van der Waals surface area contributed by atoms with E-state index in [1.54, 1.807) is 4.90 Å². The molecule has 0 saturated carbocycles. The van der Waals surface area contributed by atoms with Crippen molar-refractivity contribution in [3.63, 3.8) is 0 Å². The fourth-order valence-electron chi connectivity index (χ4n) is 1.36. The average Bonchev–Trinajstić information content (AvgIpc) is 2.25. The van der Waals surface area contributed by atoms with Gasteiger partial charge in [0, 0.05) is 24.6 Å². The summed E-state index contributed by atoms with van der Waals surface area (Å²) in [5, 5.41) is 3.03. The Hall–Kier alpha value is -0.870. The number of amides is 1. The van der Waals surface area contributed by atoms with E-state index in [1.165, 1.54) is 0 Å². The van der Waals surface area contributed by atoms with Crippen LogP contribution in [-0.4, -0.2) is 38.0 Å². The molecular formula is C12H17BrN2O. The normalized spacial score (nSPS) is 10.2. The van der Waals surface area contributed by atoms with Crippen molar-refractivity contribution in [1.82, 2.24) is 10.2 Å². The van der Waals surface area contributed by atoms with Gasteiger partial charge < -0.3 is 10.2 Å². The Morgan fingerprint density at radius 3 is 2.88 bits per heavy atom. The van der Waals surface area contributed by atoms with Gasteiger partial charge >= 0.3 is 0 Å². The molecule has 1 amide bonds. The SMILES string of the molecule is CNCCN(C)C(=O)Cc1cccc(Br)c1. The van der Waals surface area contributed by atoms with Gasteiger partial charge in [0.2, 0.25) is 5.91 Å². The van der Waals surface area contributed by atoms with Crippen LogP contribution in [0.4, 0.5) is 0 Å². The zero-order valence-corrected chi connectivity index (χ0v) is 11.3. The van der Waals surface area contributed by atoms with Crippen molar-refractivity contribution in [3.8, 4) is 0 Å². The van der Waals surface area contributed by atoms with E-state index < -0.39 is 0 Å². The molecule has 0 aliphatic carbocycles. The second-order valence-electron chi connectivity index (χ2n) is 3.73. The molecule has 0 aliphatic rings. The predicted octanol–water partition coefficient (Wildman–Crippen LogP) is 1.67. The fraction of sp³-hybridized carbons (Fsp3) is 0.417. The van der Waals surface area contributed by atoms with Crippen molar-refractivity contribution in [3.05, 3.63) is 34.3 Å². The summed E-state index contributed by atoms with van der Waals surface area (Å²) in [5.41, 5.74) is 1.04. The minimum atomic E-state index is 0.147. The monoisotopic (exact) mass is 284 g/mol. The summed E-state index contributed by atoms with van der Waals surface area (Å²) in [6.45, 7) is 1.56. The van der Waals surface area contributed by atoms with Gasteiger partial charge in [0.05, 0.1) is 6.42 Å². The molecule has 1 N–H and O–H groups in total. The van der Waals surface area contributed by atoms with Crippen molar-refractivity contribution >= 4 is 21.8 Å². The second-order valence-corrected chi connectivity index (χ2v) is 4.64. The number of carbonyl (C=O) groups is 1. The van der Waals surface area contributed by atoms with Gasteiger partial charge in [-0.15, -0.1) is 0 Å². The summed E-state index contributed by atoms with van der Waals surface area (Å²) >= 11 is 3.40. The van der Waals surface area contributed by atoms with Crippen molar-refractivity contribution in [2.24, 2.45) is 0 Å². The van der Waals surface area contributed by atoms with Crippen molar-refractivity contribution in [2.45, 2.75) is 6.42 Å². The number of halogens is 1. The quantitative estimate of drug-likeness (QED) is 0.892. The fourth-order valence-corrected chi connectivity index (χ4v) is 1.81. The lowest BCUT2D eigenvalue weighted by atomic mass is 10.1. The first-order valence-electron chi connectivity index (χ1n) is 5.26. The summed E-state index contributed by atoms with van der Waals surface area (Å²) < 4.78 is 1.01. The summed E-state index contributed by atoms with van der Waals surface area (Å²) in [6, 6.07) is 7.84. The highest BCUT2D eigenvalue weighted by Gasteiger charge is 2.08. The first kappa shape index (κ1) is 13.2. The van der Waals surface area contributed by atoms with Crippen LogP contribution in [0.3, 0.4) is 0 Å². The van der Waals surface area contributed by atoms with E-state index in [2.05, 4.69) is 21.2 Å². The van der Waals surface area contributed by atoms with Crippen LogP contribution < -0.4 is 5.32 Å². The minimum absolute atomic E-state index is 0.147. The van der Waals surface area contributed by atoms with Crippen LogP contribution in [0, 0.1) is 0 Å². The summed E-state index contributed by atoms with van der Waals surface area (Å²) in [5.74, 6) is 0.147. The molecule has 4 heteroatoms. The highest BCUT2D eigenvalue weighted by atomic mass is 79.9. The van der Waals surface area contributed by atoms with Gasteiger partial charge in [-0.05, 0) is 24.7 Å². The van der Waals surface area contributed by atoms with Gasteiger partial charge in [0.15, 0.2) is 0 Å². The lowest BCUT2D eigenvalue weighted by Crippen LogP contribution is -2.33. The third-order valence-corrected chi connectivity index (χ3v) is 2.86. The van der Waals surface area contributed by atoms with Crippen LogP contribution in [0.2, 0.25) is 0 Å². The standard InChI is InChI=1S/C12H17BrN2O/c1-14-6-7-15(2)12(16)9-10-4-3-5-11(13)8-10/h3-5,8,14H,6-7,9H2,1-2H3. The van der Waals surface area contributed by atoms with E-state index in [1.807, 2.05) is 38.4 Å². The minimum Gasteiger partial charge on any atom is -0.344 e. The summed E-state index contributed by atoms with van der Waals surface area (Å²) in [4.78, 5) is 13.6. The Morgan fingerprint density at radius 1 is 1.50 bits per heavy atom. The summed E-state index contributed by atoms with van der Waals surface area (Å²) in [6.07, 6.45) is 0.458. The molecule has 88 valence electrons. The molecule has 1 aromatic carbocycles. The molecule has 16 heavy (non-hydrogen) atoms. The molecule has 0 atom stereocenters. The summed E-state index contributed by atoms with van der Waals surface area (Å²) in [7, 11) is 3.71. The van der Waals surface area contributed by atoms with Gasteiger partial charge in [-0.25, -0.2) is 0 Å². The first-order valence-corrected chi connectivity index (χ1v) is 6.06. The van der Waals surface area contributed by atoms with Crippen molar-refractivity contribution in [2.75, 3.05) is 27.2 Å². The van der Waals surface area contributed by atoms with Crippen molar-refractivity contribution in [1.29, 1.82) is 0 Å². The molecule has 0 spiro atoms. The molecule has 0 aromatic heterocycles. The van der Waals surface area contributed by atoms with Gasteiger partial charge in [0.1, 0.15) is 0 Å². The largest absolute Gasteiger partial charge is 0.344 e. The number of carbonyl (C=O) groups excluding carboxylic acids is 1. The Kier molecular flexibility index (Phi) is 5.49. The number of hydrogen-bond acceptors (Lipinski definition) is 2. The first-order chi connectivity index (χ1) is 7.63. The highest BCUT2D eigenvalue weighted by molar-refractivity contribution is 9.10. The zero-order valence-electron chi connectivity index (χ0n) is 9.66. The maximum Gasteiger partial charge on any atom is 0.226 e. The molecule has 0 unspecified atom stereocenters. The third-order valence-electron chi connectivity index (χ3n) is 2.37. The smallest absolute Gasteiger partial charge is 0.226 e. The lowest BCUT2D eigenvalue weighted by molar-refractivity contribution is -0.129. The third kappa shape index (κ3) is 4.33. The van der Waals surface area contributed by atoms with E-state index in [0.717, 1.165) is 23.1 Å². The van der Waals surface area contributed by atoms with E-state index in [4.69, 9.17) is 0 Å². The molecule has 0 radical (unpaired) electrons. The molecule has 1 aromatic rings. The van der Waals surface area contributed by atoms with E-state index in [9.17, 15) is 4.79 Å². The lowest BCUT2D eigenvalue weighted by Gasteiger charge is -2.16. The number of nitrogens with zero attached hydrogens (tertiary/aromatic N) is 1. The van der Waals surface area contributed by atoms with E-state index in [-0.39, 0.29) is 5.91 Å². The van der Waals surface area contributed by atoms with Crippen LogP contribution in [0.25, 0.3) is 0 Å². The van der Waals surface area contributed by atoms with Crippen LogP contribution >= 0.6 is 15.9 Å². The molecule has 0 saturated heterocycles. The number of rotatable bonds is 5. The van der Waals surface area contributed by atoms with Crippen LogP contribution in [0.1, 0.15) is 5.56 Å². The van der Waals surface area contributed by atoms with E-state index in [0.29, 0.717) is 6.42 Å². The molecule has 0 aliphatic heterocycles. The second kappa shape index (κ2) is 6.66. The number of hydrogen-bond donors (Lipinski definition) is 1. The maximum atomic E-state index is 11.8. The molecule has 0 heterocycles. The van der Waals surface area contributed by atoms with Gasteiger partial charge in [0.25, 0.3) is 0 Å². The molecular weight excluding hydrogens is 268 g/mol. The number of likely N-dealkylation sites (N-methyl/N-ethyl adjacent to an activating group) is 2. The van der Waals surface area contributed by atoms with Crippen LogP contribution in [-0.2, 0) is 11.2 Å². The number of nitrogens with one attached hydrogen (secondary N) is 1. The Morgan fingerprint density at radius 2 is 2.25 bits per heavy atom. The van der Waals surface area contributed by atoms with Gasteiger partial charge in [-0.3, -0.25) is 4.79 Å². The highest BCUT2D eigenvalue weighted by Crippen LogP contribution is 2.12. The molecule has 3 nitrogen and oxygen atoms in total. The molecule has 0 bridgehead atoms. The average molecular weight is 285 g/mol. The predicted molar refractivity (Wildman–Crippen MR) is 69.4 cm³/mol. The molecule has 0 fully saturated rings. The van der Waals surface area contributed by atoms with Crippen molar-refractivity contribution < 1.29 is 4.79 Å². The molecule has 1 rings (SSSR count). The zero-order chi connectivity index (χ0) is 12.0. The number of benzene rings is 1. The Bertz CT molecular complexity index is 355. The van der Waals surface area contributed by atoms with E-state index >= 15 is 0 Å². The van der Waals surface area contributed by atoms with Crippen LogP contribution in [0.15, 0.2) is 28.7 Å². The Balaban J connectivity index is 2.50. The van der Waals surface area contributed by atoms with Crippen LogP contribution in [0.5, 0.6) is 0 Å². The topological polar surface area (TPSA) is 32.3 Å². The van der Waals surface area contributed by atoms with Gasteiger partial charge in [-0.2, -0.15) is 0 Å².